The van der Waals surface area contributed by atoms with Crippen LogP contribution in [0, 0.1) is 12.8 Å². The second-order valence-corrected chi connectivity index (χ2v) is 12.2. The number of hydrogen-bond donors (Lipinski definition) is 2. The Kier molecular flexibility index (Phi) is 9.17. The molecule has 1 aliphatic carbocycles. The van der Waals surface area contributed by atoms with Crippen LogP contribution in [0.3, 0.4) is 0 Å². The third-order valence-corrected chi connectivity index (χ3v) is 8.05. The summed E-state index contributed by atoms with van der Waals surface area (Å²) in [5.74, 6) is -0.585. The van der Waals surface area contributed by atoms with Gasteiger partial charge in [0.25, 0.3) is 5.91 Å². The molecule has 0 saturated heterocycles. The van der Waals surface area contributed by atoms with Gasteiger partial charge in [-0.05, 0) is 68.2 Å². The van der Waals surface area contributed by atoms with Gasteiger partial charge in [-0.15, -0.1) is 0 Å². The molecule has 3 rings (SSSR count). The summed E-state index contributed by atoms with van der Waals surface area (Å²) < 4.78 is 29.5. The smallest absolute Gasteiger partial charge is 0.329 e. The summed E-state index contributed by atoms with van der Waals surface area (Å²) in [5, 5.41) is 12.7. The zero-order valence-corrected chi connectivity index (χ0v) is 22.2. The van der Waals surface area contributed by atoms with Crippen LogP contribution in [-0.4, -0.2) is 49.6 Å². The highest BCUT2D eigenvalue weighted by atomic mass is 32.2. The molecule has 2 N–H and O–H groups in total. The van der Waals surface area contributed by atoms with E-state index >= 15 is 0 Å². The number of sulfone groups is 1. The van der Waals surface area contributed by atoms with E-state index in [0.29, 0.717) is 48.7 Å². The van der Waals surface area contributed by atoms with Gasteiger partial charge >= 0.3 is 5.97 Å². The molecule has 8 heteroatoms. The average molecular weight is 516 g/mol. The summed E-state index contributed by atoms with van der Waals surface area (Å²) in [4.78, 5) is 25.3. The van der Waals surface area contributed by atoms with Crippen molar-refractivity contribution in [3.63, 3.8) is 0 Å². The fourth-order valence-electron chi connectivity index (χ4n) is 4.74. The predicted molar refractivity (Wildman–Crippen MR) is 140 cm³/mol. The number of ether oxygens (including phenoxy) is 1. The lowest BCUT2D eigenvalue weighted by atomic mass is 9.75. The molecule has 2 aromatic carbocycles. The lowest BCUT2D eigenvalue weighted by Crippen LogP contribution is -2.56. The standard InChI is InChI=1S/C28H37NO6S/c1-4-21-10-14-28(15-11-21,27(31)32)29-26(30)24-9-8-23(13-17-36(3,33)34)25(19-24)35-16-12-22-7-5-6-20(2)18-22/h5-9,18-19,21H,4,10-17H2,1-3H3,(H,29,30)(H,31,32). The second kappa shape index (κ2) is 11.9. The fourth-order valence-corrected chi connectivity index (χ4v) is 5.33. The number of aliphatic carboxylic acids is 1. The van der Waals surface area contributed by atoms with Gasteiger partial charge in [-0.1, -0.05) is 49.2 Å². The van der Waals surface area contributed by atoms with Crippen molar-refractivity contribution in [2.45, 2.75) is 64.3 Å². The number of rotatable bonds is 11. The largest absolute Gasteiger partial charge is 0.493 e. The molecule has 0 spiro atoms. The number of nitrogens with one attached hydrogen (secondary N) is 1. The summed E-state index contributed by atoms with van der Waals surface area (Å²) in [5.41, 5.74) is 1.98. The Morgan fingerprint density at radius 3 is 2.44 bits per heavy atom. The third-order valence-electron chi connectivity index (χ3n) is 7.10. The third kappa shape index (κ3) is 7.56. The van der Waals surface area contributed by atoms with Gasteiger partial charge in [0.15, 0.2) is 0 Å². The maximum Gasteiger partial charge on any atom is 0.329 e. The number of carboxylic acids is 1. The molecule has 0 atom stereocenters. The van der Waals surface area contributed by atoms with E-state index in [9.17, 15) is 23.1 Å². The van der Waals surface area contributed by atoms with Crippen LogP contribution in [0.1, 0.15) is 66.1 Å². The number of carbonyl (C=O) groups excluding carboxylic acids is 1. The lowest BCUT2D eigenvalue weighted by Gasteiger charge is -2.37. The lowest BCUT2D eigenvalue weighted by molar-refractivity contribution is -0.146. The van der Waals surface area contributed by atoms with Crippen molar-refractivity contribution in [1.29, 1.82) is 0 Å². The molecule has 0 aromatic heterocycles. The minimum absolute atomic E-state index is 0.0342. The molecule has 0 aliphatic heterocycles. The van der Waals surface area contributed by atoms with Crippen LogP contribution in [0.5, 0.6) is 5.75 Å². The Hall–Kier alpha value is -2.87. The number of amides is 1. The highest BCUT2D eigenvalue weighted by molar-refractivity contribution is 7.90. The molecular weight excluding hydrogens is 478 g/mol. The van der Waals surface area contributed by atoms with E-state index in [-0.39, 0.29) is 12.2 Å². The van der Waals surface area contributed by atoms with Crippen molar-refractivity contribution in [3.8, 4) is 5.75 Å². The van der Waals surface area contributed by atoms with Crippen molar-refractivity contribution < 1.29 is 27.9 Å². The Balaban J connectivity index is 1.78. The summed E-state index contributed by atoms with van der Waals surface area (Å²) in [6.07, 6.45) is 5.44. The van der Waals surface area contributed by atoms with Crippen LogP contribution in [0.4, 0.5) is 0 Å². The Labute approximate surface area is 214 Å². The van der Waals surface area contributed by atoms with E-state index in [1.54, 1.807) is 18.2 Å². The highest BCUT2D eigenvalue weighted by Gasteiger charge is 2.43. The van der Waals surface area contributed by atoms with Gasteiger partial charge in [0.05, 0.1) is 12.4 Å². The normalized spacial score (nSPS) is 20.0. The Bertz CT molecular complexity index is 1180. The van der Waals surface area contributed by atoms with E-state index in [4.69, 9.17) is 4.74 Å². The van der Waals surface area contributed by atoms with Gasteiger partial charge in [0, 0.05) is 18.2 Å². The summed E-state index contributed by atoms with van der Waals surface area (Å²) >= 11 is 0. The van der Waals surface area contributed by atoms with E-state index in [1.807, 2.05) is 25.1 Å². The van der Waals surface area contributed by atoms with Crippen molar-refractivity contribution in [2.24, 2.45) is 5.92 Å². The van der Waals surface area contributed by atoms with Crippen LogP contribution >= 0.6 is 0 Å². The summed E-state index contributed by atoms with van der Waals surface area (Å²) in [6, 6.07) is 13.0. The first kappa shape index (κ1) is 27.7. The minimum Gasteiger partial charge on any atom is -0.493 e. The van der Waals surface area contributed by atoms with Crippen molar-refractivity contribution in [3.05, 3.63) is 64.7 Å². The van der Waals surface area contributed by atoms with Gasteiger partial charge in [-0.25, -0.2) is 13.2 Å². The molecule has 1 aliphatic rings. The van der Waals surface area contributed by atoms with Crippen molar-refractivity contribution >= 4 is 21.7 Å². The molecule has 196 valence electrons. The molecular formula is C28H37NO6S. The topological polar surface area (TPSA) is 110 Å². The van der Waals surface area contributed by atoms with E-state index in [0.717, 1.165) is 30.4 Å². The molecule has 1 fully saturated rings. The molecule has 1 amide bonds. The van der Waals surface area contributed by atoms with E-state index < -0.39 is 27.3 Å². The average Bonchev–Trinajstić information content (AvgIpc) is 2.83. The van der Waals surface area contributed by atoms with Gasteiger partial charge < -0.3 is 15.2 Å². The molecule has 0 heterocycles. The van der Waals surface area contributed by atoms with Crippen LogP contribution in [-0.2, 0) is 27.5 Å². The number of aryl methyl sites for hydroxylation is 2. The van der Waals surface area contributed by atoms with Gasteiger partial charge in [-0.3, -0.25) is 4.79 Å². The zero-order chi connectivity index (χ0) is 26.3. The zero-order valence-electron chi connectivity index (χ0n) is 21.4. The highest BCUT2D eigenvalue weighted by Crippen LogP contribution is 2.34. The van der Waals surface area contributed by atoms with Crippen LogP contribution in [0.2, 0.25) is 0 Å². The maximum atomic E-state index is 13.2. The molecule has 0 radical (unpaired) electrons. The maximum absolute atomic E-state index is 13.2. The number of carboxylic acid groups (broad SMARTS) is 1. The number of hydrogen-bond acceptors (Lipinski definition) is 5. The molecule has 7 nitrogen and oxygen atoms in total. The van der Waals surface area contributed by atoms with Crippen molar-refractivity contribution in [1.82, 2.24) is 5.32 Å². The van der Waals surface area contributed by atoms with E-state index in [1.165, 1.54) is 6.26 Å². The van der Waals surface area contributed by atoms with Crippen LogP contribution < -0.4 is 10.1 Å². The van der Waals surface area contributed by atoms with Gasteiger partial charge in [0.1, 0.15) is 21.1 Å². The van der Waals surface area contributed by atoms with Gasteiger partial charge in [-0.2, -0.15) is 0 Å². The molecule has 36 heavy (non-hydrogen) atoms. The van der Waals surface area contributed by atoms with Gasteiger partial charge in [0.2, 0.25) is 0 Å². The quantitative estimate of drug-likeness (QED) is 0.460. The first-order valence-electron chi connectivity index (χ1n) is 12.6. The predicted octanol–water partition coefficient (Wildman–Crippen LogP) is 4.36. The number of carbonyl (C=O) groups is 2. The summed E-state index contributed by atoms with van der Waals surface area (Å²) in [7, 11) is -3.18. The first-order chi connectivity index (χ1) is 17.0. The number of benzene rings is 2. The van der Waals surface area contributed by atoms with Crippen LogP contribution in [0.25, 0.3) is 0 Å². The molecule has 0 bridgehead atoms. The summed E-state index contributed by atoms with van der Waals surface area (Å²) in [6.45, 7) is 4.48. The minimum atomic E-state index is -3.18. The monoisotopic (exact) mass is 515 g/mol. The Morgan fingerprint density at radius 1 is 1.11 bits per heavy atom. The molecule has 2 aromatic rings. The SMILES string of the molecule is CCC1CCC(NC(=O)c2ccc(CCS(C)(=O)=O)c(OCCc3cccc(C)c3)c2)(C(=O)O)CC1. The fraction of sp³-hybridized carbons (Fsp3) is 0.500. The molecule has 1 saturated carbocycles. The van der Waals surface area contributed by atoms with E-state index in [2.05, 4.69) is 18.3 Å². The molecule has 0 unspecified atom stereocenters. The van der Waals surface area contributed by atoms with Crippen molar-refractivity contribution in [2.75, 3.05) is 18.6 Å². The second-order valence-electron chi connectivity index (χ2n) is 9.98. The Morgan fingerprint density at radius 2 is 1.83 bits per heavy atom. The van der Waals surface area contributed by atoms with Crippen LogP contribution in [0.15, 0.2) is 42.5 Å². The first-order valence-corrected chi connectivity index (χ1v) is 14.6.